The molecule has 0 spiro atoms. The van der Waals surface area contributed by atoms with E-state index in [1.807, 2.05) is 11.8 Å². The quantitative estimate of drug-likeness (QED) is 0.740. The van der Waals surface area contributed by atoms with Crippen LogP contribution in [-0.4, -0.2) is 56.4 Å². The lowest BCUT2D eigenvalue weighted by atomic mass is 9.85. The van der Waals surface area contributed by atoms with Crippen molar-refractivity contribution in [3.63, 3.8) is 0 Å². The van der Waals surface area contributed by atoms with Crippen molar-refractivity contribution in [1.82, 2.24) is 19.6 Å². The first-order valence-corrected chi connectivity index (χ1v) is 9.65. The highest BCUT2D eigenvalue weighted by atomic mass is 16.4. The number of carbonyl (C=O) groups is 2. The molecule has 8 nitrogen and oxygen atoms in total. The van der Waals surface area contributed by atoms with Crippen LogP contribution >= 0.6 is 0 Å². The zero-order valence-electron chi connectivity index (χ0n) is 15.8. The van der Waals surface area contributed by atoms with Gasteiger partial charge in [-0.25, -0.2) is 4.98 Å². The minimum atomic E-state index is -0.821. The Morgan fingerprint density at radius 3 is 2.79 bits per heavy atom. The lowest BCUT2D eigenvalue weighted by molar-refractivity contribution is -0.139. The van der Waals surface area contributed by atoms with Crippen LogP contribution in [0.1, 0.15) is 41.6 Å². The Morgan fingerprint density at radius 1 is 1.36 bits per heavy atom. The molecule has 1 amide bonds. The summed E-state index contributed by atoms with van der Waals surface area (Å²) in [6.45, 7) is 2.76. The highest BCUT2D eigenvalue weighted by Gasteiger charge is 2.38. The third kappa shape index (κ3) is 3.91. The molecule has 0 bridgehead atoms. The maximum absolute atomic E-state index is 12.6. The van der Waals surface area contributed by atoms with Gasteiger partial charge in [-0.1, -0.05) is 0 Å². The Morgan fingerprint density at radius 2 is 2.11 bits per heavy atom. The molecule has 2 saturated carbocycles. The topological polar surface area (TPSA) is 104 Å². The van der Waals surface area contributed by atoms with Crippen LogP contribution in [0.2, 0.25) is 0 Å². The minimum Gasteiger partial charge on any atom is -0.480 e. The summed E-state index contributed by atoms with van der Waals surface area (Å²) < 4.78 is 1.37. The van der Waals surface area contributed by atoms with Gasteiger partial charge in [-0.15, -0.1) is 0 Å². The van der Waals surface area contributed by atoms with Gasteiger partial charge in [0.05, 0.1) is 6.54 Å². The van der Waals surface area contributed by atoms with Crippen LogP contribution in [-0.2, 0) is 4.79 Å². The van der Waals surface area contributed by atoms with E-state index in [1.54, 1.807) is 18.3 Å². The molecular weight excluding hydrogens is 360 g/mol. The number of pyridine rings is 1. The number of hydrogen-bond donors (Lipinski definition) is 2. The van der Waals surface area contributed by atoms with E-state index in [-0.39, 0.29) is 29.8 Å². The zero-order chi connectivity index (χ0) is 19.8. The molecule has 8 heteroatoms. The van der Waals surface area contributed by atoms with E-state index < -0.39 is 11.9 Å². The summed E-state index contributed by atoms with van der Waals surface area (Å²) in [5.74, 6) is -0.637. The standard InChI is InChI=1S/C20H24N4O4/c1-12-4-5-24-17(6-12)21-9-16(20(24)28)19(27)22-14-7-15(8-14)23(11-18(25)26)10-13-2-3-13/h4-6,9,13-15H,2-3,7-8,10-11H2,1H3,(H,22,27)(H,25,26). The summed E-state index contributed by atoms with van der Waals surface area (Å²) >= 11 is 0. The average molecular weight is 384 g/mol. The predicted molar refractivity (Wildman–Crippen MR) is 102 cm³/mol. The number of nitrogens with one attached hydrogen (secondary N) is 1. The minimum absolute atomic E-state index is 0.0187. The molecule has 2 heterocycles. The summed E-state index contributed by atoms with van der Waals surface area (Å²) in [5, 5.41) is 12.0. The van der Waals surface area contributed by atoms with Crippen molar-refractivity contribution in [2.75, 3.05) is 13.1 Å². The van der Waals surface area contributed by atoms with Crippen molar-refractivity contribution in [2.24, 2.45) is 5.92 Å². The first kappa shape index (κ1) is 18.6. The SMILES string of the molecule is Cc1ccn2c(=O)c(C(=O)NC3CC(N(CC(=O)O)CC4CC4)C3)cnc2c1. The number of carboxylic acids is 1. The monoisotopic (exact) mass is 384 g/mol. The number of fused-ring (bicyclic) bond motifs is 1. The van der Waals surface area contributed by atoms with Gasteiger partial charge in [-0.05, 0) is 56.2 Å². The molecular formula is C20H24N4O4. The van der Waals surface area contributed by atoms with Crippen LogP contribution in [0.25, 0.3) is 5.65 Å². The molecule has 0 aliphatic heterocycles. The number of amides is 1. The Bertz CT molecular complexity index is 976. The van der Waals surface area contributed by atoms with Gasteiger partial charge in [0.2, 0.25) is 0 Å². The van der Waals surface area contributed by atoms with Crippen LogP contribution in [0.15, 0.2) is 29.3 Å². The summed E-state index contributed by atoms with van der Waals surface area (Å²) in [5.41, 5.74) is 1.13. The van der Waals surface area contributed by atoms with Gasteiger partial charge in [0, 0.05) is 31.0 Å². The molecule has 0 radical (unpaired) electrons. The maximum Gasteiger partial charge on any atom is 0.317 e. The molecule has 2 aromatic heterocycles. The van der Waals surface area contributed by atoms with Crippen LogP contribution in [0.3, 0.4) is 0 Å². The maximum atomic E-state index is 12.6. The van der Waals surface area contributed by atoms with E-state index in [4.69, 9.17) is 5.11 Å². The van der Waals surface area contributed by atoms with Crippen LogP contribution in [0, 0.1) is 12.8 Å². The van der Waals surface area contributed by atoms with E-state index >= 15 is 0 Å². The Hall–Kier alpha value is -2.74. The lowest BCUT2D eigenvalue weighted by Gasteiger charge is -2.42. The second-order valence-electron chi connectivity index (χ2n) is 7.97. The first-order chi connectivity index (χ1) is 13.4. The summed E-state index contributed by atoms with van der Waals surface area (Å²) in [6.07, 6.45) is 6.69. The molecule has 2 aromatic rings. The molecule has 2 N–H and O–H groups in total. The lowest BCUT2D eigenvalue weighted by Crippen LogP contribution is -2.55. The number of aryl methyl sites for hydroxylation is 1. The zero-order valence-corrected chi connectivity index (χ0v) is 15.8. The van der Waals surface area contributed by atoms with Crippen LogP contribution in [0.5, 0.6) is 0 Å². The molecule has 2 aliphatic carbocycles. The number of aliphatic carboxylic acids is 1. The fourth-order valence-corrected chi connectivity index (χ4v) is 3.75. The van der Waals surface area contributed by atoms with E-state index in [0.717, 1.165) is 12.1 Å². The molecule has 4 rings (SSSR count). The fraction of sp³-hybridized carbons (Fsp3) is 0.500. The van der Waals surface area contributed by atoms with E-state index in [1.165, 1.54) is 23.4 Å². The number of rotatable bonds is 7. The fourth-order valence-electron chi connectivity index (χ4n) is 3.75. The van der Waals surface area contributed by atoms with Crippen molar-refractivity contribution in [3.8, 4) is 0 Å². The van der Waals surface area contributed by atoms with Crippen molar-refractivity contribution in [1.29, 1.82) is 0 Å². The molecule has 148 valence electrons. The third-order valence-corrected chi connectivity index (χ3v) is 5.60. The van der Waals surface area contributed by atoms with Crippen molar-refractivity contribution in [3.05, 3.63) is 46.0 Å². The van der Waals surface area contributed by atoms with Gasteiger partial charge in [0.25, 0.3) is 11.5 Å². The highest BCUT2D eigenvalue weighted by molar-refractivity contribution is 5.94. The number of carbonyl (C=O) groups excluding carboxylic acids is 1. The molecule has 2 fully saturated rings. The largest absolute Gasteiger partial charge is 0.480 e. The van der Waals surface area contributed by atoms with Gasteiger partial charge < -0.3 is 10.4 Å². The van der Waals surface area contributed by atoms with Gasteiger partial charge in [-0.2, -0.15) is 0 Å². The highest BCUT2D eigenvalue weighted by Crippen LogP contribution is 2.33. The number of carboxylic acid groups (broad SMARTS) is 1. The molecule has 0 atom stereocenters. The molecule has 0 unspecified atom stereocenters. The average Bonchev–Trinajstić information content (AvgIpc) is 3.40. The van der Waals surface area contributed by atoms with Crippen molar-refractivity contribution < 1.29 is 14.7 Å². The number of aromatic nitrogens is 2. The second kappa shape index (κ2) is 7.35. The normalized spacial score (nSPS) is 21.5. The van der Waals surface area contributed by atoms with Gasteiger partial charge in [0.1, 0.15) is 11.2 Å². The van der Waals surface area contributed by atoms with Gasteiger partial charge in [0.15, 0.2) is 0 Å². The molecule has 28 heavy (non-hydrogen) atoms. The second-order valence-corrected chi connectivity index (χ2v) is 7.97. The number of nitrogens with zero attached hydrogens (tertiary/aromatic N) is 3. The van der Waals surface area contributed by atoms with Crippen molar-refractivity contribution in [2.45, 2.75) is 44.7 Å². The van der Waals surface area contributed by atoms with Gasteiger partial charge in [-0.3, -0.25) is 23.7 Å². The summed E-state index contributed by atoms with van der Waals surface area (Å²) in [4.78, 5) is 42.5. The summed E-state index contributed by atoms with van der Waals surface area (Å²) in [7, 11) is 0. The Labute approximate surface area is 162 Å². The summed E-state index contributed by atoms with van der Waals surface area (Å²) in [6, 6.07) is 3.70. The Balaban J connectivity index is 1.39. The molecule has 2 aliphatic rings. The third-order valence-electron chi connectivity index (χ3n) is 5.60. The predicted octanol–water partition coefficient (Wildman–Crippen LogP) is 1.06. The van der Waals surface area contributed by atoms with Crippen LogP contribution < -0.4 is 10.9 Å². The van der Waals surface area contributed by atoms with Crippen LogP contribution in [0.4, 0.5) is 0 Å². The van der Waals surface area contributed by atoms with E-state index in [0.29, 0.717) is 24.4 Å². The van der Waals surface area contributed by atoms with E-state index in [2.05, 4.69) is 10.3 Å². The van der Waals surface area contributed by atoms with Crippen molar-refractivity contribution >= 4 is 17.5 Å². The molecule has 0 aromatic carbocycles. The van der Waals surface area contributed by atoms with Gasteiger partial charge >= 0.3 is 5.97 Å². The first-order valence-electron chi connectivity index (χ1n) is 9.65. The Kier molecular flexibility index (Phi) is 4.89. The smallest absolute Gasteiger partial charge is 0.317 e. The van der Waals surface area contributed by atoms with E-state index in [9.17, 15) is 14.4 Å². The molecule has 0 saturated heterocycles. The number of hydrogen-bond acceptors (Lipinski definition) is 5.